The van der Waals surface area contributed by atoms with Crippen LogP contribution in [0.15, 0.2) is 23.0 Å². The van der Waals surface area contributed by atoms with Gasteiger partial charge in [-0.2, -0.15) is 0 Å². The van der Waals surface area contributed by atoms with Crippen molar-refractivity contribution in [3.63, 3.8) is 0 Å². The SMILES string of the molecule is CCC(C)CC(NN)c1ccoc1. The van der Waals surface area contributed by atoms with Crippen molar-refractivity contribution in [1.29, 1.82) is 0 Å². The molecule has 2 unspecified atom stereocenters. The molecule has 0 saturated carbocycles. The van der Waals surface area contributed by atoms with Gasteiger partial charge >= 0.3 is 0 Å². The van der Waals surface area contributed by atoms with E-state index < -0.39 is 0 Å². The molecule has 13 heavy (non-hydrogen) atoms. The van der Waals surface area contributed by atoms with Gasteiger partial charge in [-0.15, -0.1) is 0 Å². The minimum atomic E-state index is 0.216. The molecule has 0 aliphatic carbocycles. The first kappa shape index (κ1) is 10.3. The molecule has 1 aromatic rings. The number of nitrogens with two attached hydrogens (primary N) is 1. The largest absolute Gasteiger partial charge is 0.472 e. The second-order valence-corrected chi connectivity index (χ2v) is 3.53. The summed E-state index contributed by atoms with van der Waals surface area (Å²) in [5.41, 5.74) is 3.94. The van der Waals surface area contributed by atoms with Gasteiger partial charge in [0, 0.05) is 11.6 Å². The molecule has 0 spiro atoms. The summed E-state index contributed by atoms with van der Waals surface area (Å²) >= 11 is 0. The maximum atomic E-state index is 5.48. The highest BCUT2D eigenvalue weighted by Crippen LogP contribution is 2.22. The van der Waals surface area contributed by atoms with E-state index in [0.29, 0.717) is 5.92 Å². The third-order valence-electron chi connectivity index (χ3n) is 2.48. The molecule has 0 aliphatic rings. The Morgan fingerprint density at radius 2 is 2.38 bits per heavy atom. The molecule has 0 aromatic carbocycles. The van der Waals surface area contributed by atoms with Crippen LogP contribution in [-0.4, -0.2) is 0 Å². The third kappa shape index (κ3) is 2.86. The van der Waals surface area contributed by atoms with Crippen LogP contribution in [0, 0.1) is 5.92 Å². The van der Waals surface area contributed by atoms with Crippen molar-refractivity contribution in [2.45, 2.75) is 32.7 Å². The first-order chi connectivity index (χ1) is 6.27. The second kappa shape index (κ2) is 5.04. The number of hydrogen-bond acceptors (Lipinski definition) is 3. The molecule has 0 saturated heterocycles. The zero-order chi connectivity index (χ0) is 9.68. The molecular weight excluding hydrogens is 164 g/mol. The Balaban J connectivity index is 2.53. The fourth-order valence-corrected chi connectivity index (χ4v) is 1.34. The molecule has 1 heterocycles. The molecule has 74 valence electrons. The lowest BCUT2D eigenvalue weighted by Crippen LogP contribution is -2.28. The first-order valence-corrected chi connectivity index (χ1v) is 4.76. The smallest absolute Gasteiger partial charge is 0.0950 e. The average Bonchev–Trinajstić information content (AvgIpc) is 2.66. The van der Waals surface area contributed by atoms with E-state index in [1.54, 1.807) is 12.5 Å². The summed E-state index contributed by atoms with van der Waals surface area (Å²) in [5, 5.41) is 0. The van der Waals surface area contributed by atoms with Crippen LogP contribution >= 0.6 is 0 Å². The molecule has 2 atom stereocenters. The first-order valence-electron chi connectivity index (χ1n) is 4.76. The molecule has 0 fully saturated rings. The molecule has 3 N–H and O–H groups in total. The molecule has 3 nitrogen and oxygen atoms in total. The lowest BCUT2D eigenvalue weighted by atomic mass is 9.96. The summed E-state index contributed by atoms with van der Waals surface area (Å²) in [6, 6.07) is 2.17. The highest BCUT2D eigenvalue weighted by atomic mass is 16.3. The lowest BCUT2D eigenvalue weighted by Gasteiger charge is -2.17. The molecule has 1 aromatic heterocycles. The van der Waals surface area contributed by atoms with E-state index >= 15 is 0 Å². The van der Waals surface area contributed by atoms with Crippen molar-refractivity contribution in [3.8, 4) is 0 Å². The molecule has 1 rings (SSSR count). The van der Waals surface area contributed by atoms with Crippen molar-refractivity contribution >= 4 is 0 Å². The zero-order valence-electron chi connectivity index (χ0n) is 8.29. The van der Waals surface area contributed by atoms with E-state index in [1.165, 1.54) is 6.42 Å². The van der Waals surface area contributed by atoms with Gasteiger partial charge in [0.1, 0.15) is 0 Å². The zero-order valence-corrected chi connectivity index (χ0v) is 8.29. The van der Waals surface area contributed by atoms with E-state index in [1.807, 2.05) is 6.07 Å². The summed E-state index contributed by atoms with van der Waals surface area (Å²) in [4.78, 5) is 0. The van der Waals surface area contributed by atoms with Crippen LogP contribution in [0.1, 0.15) is 38.3 Å². The van der Waals surface area contributed by atoms with E-state index in [-0.39, 0.29) is 6.04 Å². The van der Waals surface area contributed by atoms with Crippen molar-refractivity contribution in [1.82, 2.24) is 5.43 Å². The fourth-order valence-electron chi connectivity index (χ4n) is 1.34. The topological polar surface area (TPSA) is 51.2 Å². The van der Waals surface area contributed by atoms with Gasteiger partial charge in [-0.25, -0.2) is 0 Å². The lowest BCUT2D eigenvalue weighted by molar-refractivity contribution is 0.405. The van der Waals surface area contributed by atoms with E-state index in [2.05, 4.69) is 19.3 Å². The van der Waals surface area contributed by atoms with E-state index in [9.17, 15) is 0 Å². The second-order valence-electron chi connectivity index (χ2n) is 3.53. The van der Waals surface area contributed by atoms with Gasteiger partial charge in [0.25, 0.3) is 0 Å². The molecule has 0 radical (unpaired) electrons. The van der Waals surface area contributed by atoms with Crippen molar-refractivity contribution in [2.75, 3.05) is 0 Å². The van der Waals surface area contributed by atoms with Crippen molar-refractivity contribution in [3.05, 3.63) is 24.2 Å². The maximum absolute atomic E-state index is 5.48. The molecular formula is C10H18N2O. The molecule has 0 aliphatic heterocycles. The normalized spacial score (nSPS) is 15.6. The highest BCUT2D eigenvalue weighted by Gasteiger charge is 2.13. The maximum Gasteiger partial charge on any atom is 0.0950 e. The summed E-state index contributed by atoms with van der Waals surface area (Å²) in [6.45, 7) is 4.41. The summed E-state index contributed by atoms with van der Waals surface area (Å²) in [7, 11) is 0. The Kier molecular flexibility index (Phi) is 3.99. The highest BCUT2D eigenvalue weighted by molar-refractivity contribution is 5.11. The molecule has 0 bridgehead atoms. The summed E-state index contributed by atoms with van der Waals surface area (Å²) in [6.07, 6.45) is 5.64. The van der Waals surface area contributed by atoms with E-state index in [0.717, 1.165) is 12.0 Å². The Bertz CT molecular complexity index is 221. The minimum absolute atomic E-state index is 0.216. The number of rotatable bonds is 5. The predicted molar refractivity (Wildman–Crippen MR) is 52.8 cm³/mol. The van der Waals surface area contributed by atoms with Crippen LogP contribution in [0.5, 0.6) is 0 Å². The number of nitrogens with one attached hydrogen (secondary N) is 1. The number of hydrazine groups is 1. The monoisotopic (exact) mass is 182 g/mol. The molecule has 0 amide bonds. The number of hydrogen-bond donors (Lipinski definition) is 2. The van der Waals surface area contributed by atoms with Crippen LogP contribution in [0.3, 0.4) is 0 Å². The van der Waals surface area contributed by atoms with Gasteiger partial charge < -0.3 is 4.42 Å². The predicted octanol–water partition coefficient (Wildman–Crippen LogP) is 2.22. The standard InChI is InChI=1S/C10H18N2O/c1-3-8(2)6-10(12-11)9-4-5-13-7-9/h4-5,7-8,10,12H,3,6,11H2,1-2H3. The quantitative estimate of drug-likeness (QED) is 0.542. The van der Waals surface area contributed by atoms with E-state index in [4.69, 9.17) is 10.3 Å². The Labute approximate surface area is 79.3 Å². The molecule has 3 heteroatoms. The van der Waals surface area contributed by atoms with Crippen LogP contribution in [0.4, 0.5) is 0 Å². The summed E-state index contributed by atoms with van der Waals surface area (Å²) in [5.74, 6) is 6.15. The van der Waals surface area contributed by atoms with Crippen LogP contribution in [-0.2, 0) is 0 Å². The third-order valence-corrected chi connectivity index (χ3v) is 2.48. The van der Waals surface area contributed by atoms with Gasteiger partial charge in [-0.3, -0.25) is 11.3 Å². The van der Waals surface area contributed by atoms with Crippen LogP contribution in [0.2, 0.25) is 0 Å². The minimum Gasteiger partial charge on any atom is -0.472 e. The Hall–Kier alpha value is -0.800. The Morgan fingerprint density at radius 1 is 1.62 bits per heavy atom. The Morgan fingerprint density at radius 3 is 2.85 bits per heavy atom. The van der Waals surface area contributed by atoms with Gasteiger partial charge in [0.05, 0.1) is 12.5 Å². The van der Waals surface area contributed by atoms with Gasteiger partial charge in [0.15, 0.2) is 0 Å². The van der Waals surface area contributed by atoms with Gasteiger partial charge in [-0.1, -0.05) is 20.3 Å². The fraction of sp³-hybridized carbons (Fsp3) is 0.600. The van der Waals surface area contributed by atoms with Crippen molar-refractivity contribution in [2.24, 2.45) is 11.8 Å². The average molecular weight is 182 g/mol. The van der Waals surface area contributed by atoms with Gasteiger partial charge in [0.2, 0.25) is 0 Å². The summed E-state index contributed by atoms with van der Waals surface area (Å²) < 4.78 is 5.02. The van der Waals surface area contributed by atoms with Crippen LogP contribution < -0.4 is 11.3 Å². The van der Waals surface area contributed by atoms with Gasteiger partial charge in [-0.05, 0) is 18.4 Å². The van der Waals surface area contributed by atoms with Crippen LogP contribution in [0.25, 0.3) is 0 Å². The van der Waals surface area contributed by atoms with Crippen molar-refractivity contribution < 1.29 is 4.42 Å². The number of furan rings is 1.